The summed E-state index contributed by atoms with van der Waals surface area (Å²) in [6.07, 6.45) is 0. The molecule has 114 valence electrons. The molecule has 1 aromatic carbocycles. The minimum absolute atomic E-state index is 0.295. The van der Waals surface area contributed by atoms with Gasteiger partial charge in [-0.25, -0.2) is 0 Å². The maximum atomic E-state index is 6.11. The summed E-state index contributed by atoms with van der Waals surface area (Å²) >= 11 is 18.3. The summed E-state index contributed by atoms with van der Waals surface area (Å²) in [5.74, 6) is 0. The molecule has 0 radical (unpaired) electrons. The number of quaternary nitrogens is 1. The first-order chi connectivity index (χ1) is 9.32. The van der Waals surface area contributed by atoms with Crippen LogP contribution < -0.4 is 5.32 Å². The highest BCUT2D eigenvalue weighted by molar-refractivity contribution is 6.68. The molecule has 0 bridgehead atoms. The molecule has 0 unspecified atom stereocenters. The third-order valence-electron chi connectivity index (χ3n) is 3.99. The van der Waals surface area contributed by atoms with Gasteiger partial charge in [-0.2, -0.15) is 0 Å². The molecule has 0 aliphatic heterocycles. The van der Waals surface area contributed by atoms with E-state index in [-0.39, 0.29) is 6.04 Å². The van der Waals surface area contributed by atoms with Gasteiger partial charge >= 0.3 is 0 Å². The van der Waals surface area contributed by atoms with Crippen molar-refractivity contribution in [2.45, 2.75) is 23.7 Å². The van der Waals surface area contributed by atoms with Crippen molar-refractivity contribution in [3.8, 4) is 0 Å². The summed E-state index contributed by atoms with van der Waals surface area (Å²) in [5, 5.41) is 3.39. The van der Waals surface area contributed by atoms with Crippen molar-refractivity contribution in [3.05, 3.63) is 35.9 Å². The predicted molar refractivity (Wildman–Crippen MR) is 89.6 cm³/mol. The second-order valence-corrected chi connectivity index (χ2v) is 7.68. The molecule has 0 spiro atoms. The molecule has 1 N–H and O–H groups in total. The van der Waals surface area contributed by atoms with Crippen LogP contribution in [0.2, 0.25) is 0 Å². The number of alkyl halides is 3. The van der Waals surface area contributed by atoms with Gasteiger partial charge in [-0.15, -0.1) is 0 Å². The van der Waals surface area contributed by atoms with Crippen molar-refractivity contribution >= 4 is 34.8 Å². The van der Waals surface area contributed by atoms with E-state index in [4.69, 9.17) is 34.8 Å². The Kier molecular flexibility index (Phi) is 7.10. The van der Waals surface area contributed by atoms with Crippen LogP contribution in [0.3, 0.4) is 0 Å². The summed E-state index contributed by atoms with van der Waals surface area (Å²) in [4.78, 5) is 0. The lowest BCUT2D eigenvalue weighted by molar-refractivity contribution is -0.905. The molecule has 0 fully saturated rings. The van der Waals surface area contributed by atoms with Crippen LogP contribution in [0.15, 0.2) is 30.3 Å². The van der Waals surface area contributed by atoms with Crippen LogP contribution in [0, 0.1) is 0 Å². The predicted octanol–water partition coefficient (Wildman–Crippen LogP) is 4.17. The zero-order valence-electron chi connectivity index (χ0n) is 12.4. The average molecular weight is 339 g/mol. The van der Waals surface area contributed by atoms with Gasteiger partial charge in [0.15, 0.2) is 0 Å². The van der Waals surface area contributed by atoms with Gasteiger partial charge in [-0.3, -0.25) is 0 Å². The number of likely N-dealkylation sites (N-methyl/N-ethyl adjacent to an activating group) is 1. The Bertz CT molecular complexity index is 386. The van der Waals surface area contributed by atoms with Gasteiger partial charge in [0.1, 0.15) is 0 Å². The van der Waals surface area contributed by atoms with Crippen LogP contribution in [-0.4, -0.2) is 41.5 Å². The van der Waals surface area contributed by atoms with E-state index in [2.05, 4.69) is 26.2 Å². The Labute approximate surface area is 137 Å². The number of halogens is 3. The highest BCUT2D eigenvalue weighted by atomic mass is 35.6. The Balaban J connectivity index is 2.69. The third-order valence-corrected chi connectivity index (χ3v) is 4.64. The van der Waals surface area contributed by atoms with Gasteiger partial charge in [-0.1, -0.05) is 65.1 Å². The monoisotopic (exact) mass is 337 g/mol. The van der Waals surface area contributed by atoms with E-state index in [9.17, 15) is 0 Å². The number of nitrogens with zero attached hydrogens (tertiary/aromatic N) is 1. The number of benzene rings is 1. The fourth-order valence-electron chi connectivity index (χ4n) is 2.09. The molecule has 5 heteroatoms. The van der Waals surface area contributed by atoms with Crippen molar-refractivity contribution in [2.75, 3.05) is 33.2 Å². The van der Waals surface area contributed by atoms with Gasteiger partial charge in [0, 0.05) is 6.54 Å². The van der Waals surface area contributed by atoms with Crippen LogP contribution in [0.25, 0.3) is 0 Å². The lowest BCUT2D eigenvalue weighted by atomic mass is 10.1. The minimum Gasteiger partial charge on any atom is -0.325 e. The first kappa shape index (κ1) is 18.1. The van der Waals surface area contributed by atoms with Crippen LogP contribution >= 0.6 is 34.8 Å². The van der Waals surface area contributed by atoms with Crippen molar-refractivity contribution in [2.24, 2.45) is 0 Å². The molecule has 0 aromatic heterocycles. The summed E-state index contributed by atoms with van der Waals surface area (Å²) in [6.45, 7) is 8.42. The van der Waals surface area contributed by atoms with E-state index in [0.29, 0.717) is 0 Å². The maximum Gasteiger partial charge on any atom is 0.209 e. The number of rotatable bonds is 7. The second kappa shape index (κ2) is 7.86. The number of hydrogen-bond acceptors (Lipinski definition) is 1. The molecule has 20 heavy (non-hydrogen) atoms. The van der Waals surface area contributed by atoms with E-state index < -0.39 is 3.79 Å². The molecule has 0 heterocycles. The number of nitrogens with one attached hydrogen (secondary N) is 1. The van der Waals surface area contributed by atoms with Crippen LogP contribution in [0.5, 0.6) is 0 Å². The summed E-state index contributed by atoms with van der Waals surface area (Å²) < 4.78 is -0.350. The Morgan fingerprint density at radius 3 is 2.10 bits per heavy atom. The molecule has 2 nitrogen and oxygen atoms in total. The minimum atomic E-state index is -1.36. The van der Waals surface area contributed by atoms with Crippen molar-refractivity contribution < 1.29 is 4.48 Å². The highest BCUT2D eigenvalue weighted by Gasteiger charge is 2.33. The third kappa shape index (κ3) is 5.42. The van der Waals surface area contributed by atoms with Crippen LogP contribution in [0.1, 0.15) is 25.5 Å². The average Bonchev–Trinajstić information content (AvgIpc) is 2.43. The largest absolute Gasteiger partial charge is 0.325 e. The second-order valence-electron chi connectivity index (χ2n) is 5.31. The van der Waals surface area contributed by atoms with Crippen LogP contribution in [-0.2, 0) is 0 Å². The molecule has 0 saturated heterocycles. The fourth-order valence-corrected chi connectivity index (χ4v) is 2.70. The maximum absolute atomic E-state index is 6.11. The number of hydrogen-bond donors (Lipinski definition) is 1. The Hall–Kier alpha value is 0.01000. The fraction of sp³-hybridized carbons (Fsp3) is 0.600. The van der Waals surface area contributed by atoms with Gasteiger partial charge in [0.2, 0.25) is 3.79 Å². The Morgan fingerprint density at radius 2 is 1.65 bits per heavy atom. The van der Waals surface area contributed by atoms with Gasteiger partial charge in [-0.05, 0) is 19.4 Å². The van der Waals surface area contributed by atoms with E-state index >= 15 is 0 Å². The molecular weight excluding hydrogens is 315 g/mol. The quantitative estimate of drug-likeness (QED) is 0.581. The van der Waals surface area contributed by atoms with Gasteiger partial charge in [0.05, 0.1) is 32.7 Å². The molecule has 1 aromatic rings. The van der Waals surface area contributed by atoms with E-state index in [1.54, 1.807) is 0 Å². The SMILES string of the molecule is CC[N+](C)(CC)CCN[C@H](c1ccccc1)C(Cl)(Cl)Cl. The first-order valence-electron chi connectivity index (χ1n) is 7.01. The molecule has 0 aliphatic rings. The molecular formula is C15H24Cl3N2+. The van der Waals surface area contributed by atoms with E-state index in [0.717, 1.165) is 36.2 Å². The molecule has 1 atom stereocenters. The van der Waals surface area contributed by atoms with Crippen molar-refractivity contribution in [1.29, 1.82) is 0 Å². The van der Waals surface area contributed by atoms with E-state index in [1.165, 1.54) is 0 Å². The lowest BCUT2D eigenvalue weighted by Gasteiger charge is -2.34. The lowest BCUT2D eigenvalue weighted by Crippen LogP contribution is -2.48. The molecule has 1 rings (SSSR count). The van der Waals surface area contributed by atoms with Crippen LogP contribution in [0.4, 0.5) is 0 Å². The van der Waals surface area contributed by atoms with Crippen molar-refractivity contribution in [3.63, 3.8) is 0 Å². The van der Waals surface area contributed by atoms with Gasteiger partial charge in [0.25, 0.3) is 0 Å². The Morgan fingerprint density at radius 1 is 1.10 bits per heavy atom. The summed E-state index contributed by atoms with van der Waals surface area (Å²) in [5.41, 5.74) is 0.995. The first-order valence-corrected chi connectivity index (χ1v) is 8.14. The highest BCUT2D eigenvalue weighted by Crippen LogP contribution is 2.39. The smallest absolute Gasteiger partial charge is 0.209 e. The molecule has 0 saturated carbocycles. The molecule has 0 amide bonds. The standard InChI is InChI=1S/C15H24Cl3N2/c1-4-20(3,5-2)12-11-19-14(15(16,17)18)13-9-7-6-8-10-13/h6-10,14,19H,4-5,11-12H2,1-3H3/q+1/t14-/m1/s1. The van der Waals surface area contributed by atoms with Crippen molar-refractivity contribution in [1.82, 2.24) is 5.32 Å². The summed E-state index contributed by atoms with van der Waals surface area (Å²) in [6, 6.07) is 9.54. The molecule has 0 aliphatic carbocycles. The normalized spacial score (nSPS) is 14.3. The van der Waals surface area contributed by atoms with E-state index in [1.807, 2.05) is 30.3 Å². The zero-order chi connectivity index (χ0) is 15.2. The van der Waals surface area contributed by atoms with Gasteiger partial charge < -0.3 is 9.80 Å². The zero-order valence-corrected chi connectivity index (χ0v) is 14.6. The summed E-state index contributed by atoms with van der Waals surface area (Å²) in [7, 11) is 2.24. The topological polar surface area (TPSA) is 12.0 Å².